The van der Waals surface area contributed by atoms with Crippen molar-refractivity contribution >= 4 is 0 Å². The van der Waals surface area contributed by atoms with Crippen LogP contribution in [-0.4, -0.2) is 16.0 Å². The monoisotopic (exact) mass is 193 g/mol. The predicted octanol–water partition coefficient (Wildman–Crippen LogP) is 2.17. The van der Waals surface area contributed by atoms with Gasteiger partial charge in [-0.3, -0.25) is 9.97 Å². The first kappa shape index (κ1) is 11.1. The summed E-state index contributed by atoms with van der Waals surface area (Å²) in [5, 5.41) is 3.49. The molecule has 0 saturated heterocycles. The van der Waals surface area contributed by atoms with E-state index in [0.717, 1.165) is 5.69 Å². The third-order valence-corrected chi connectivity index (χ3v) is 2.54. The maximum atomic E-state index is 4.27. The van der Waals surface area contributed by atoms with Crippen molar-refractivity contribution in [3.63, 3.8) is 0 Å². The lowest BCUT2D eigenvalue weighted by Gasteiger charge is -2.22. The summed E-state index contributed by atoms with van der Waals surface area (Å²) in [5.74, 6) is 0.633. The highest BCUT2D eigenvalue weighted by Gasteiger charge is 2.12. The van der Waals surface area contributed by atoms with Crippen LogP contribution in [0.25, 0.3) is 0 Å². The molecule has 2 unspecified atom stereocenters. The molecule has 0 saturated carbocycles. The summed E-state index contributed by atoms with van der Waals surface area (Å²) >= 11 is 0. The number of hydrogen-bond acceptors (Lipinski definition) is 3. The Hall–Kier alpha value is -0.960. The molecule has 2 atom stereocenters. The molecule has 1 N–H and O–H groups in total. The molecule has 0 spiro atoms. The highest BCUT2D eigenvalue weighted by atomic mass is 15.0. The van der Waals surface area contributed by atoms with Gasteiger partial charge in [0.15, 0.2) is 0 Å². The van der Waals surface area contributed by atoms with E-state index in [1.165, 1.54) is 0 Å². The standard InChI is InChI=1S/C11H19N3/c1-8(2)9(3)14-10(4)11-7-12-5-6-13-11/h5-10,14H,1-4H3. The molecule has 1 aromatic heterocycles. The SMILES string of the molecule is CC(NC(C)C(C)C)c1cnccn1. The van der Waals surface area contributed by atoms with E-state index in [2.05, 4.69) is 43.0 Å². The third kappa shape index (κ3) is 3.07. The highest BCUT2D eigenvalue weighted by Crippen LogP contribution is 2.10. The molecule has 3 nitrogen and oxygen atoms in total. The molecule has 1 aromatic rings. The summed E-state index contributed by atoms with van der Waals surface area (Å²) < 4.78 is 0. The van der Waals surface area contributed by atoms with Crippen molar-refractivity contribution in [3.05, 3.63) is 24.3 Å². The molecule has 0 radical (unpaired) electrons. The lowest BCUT2D eigenvalue weighted by Crippen LogP contribution is -2.33. The first-order valence-corrected chi connectivity index (χ1v) is 5.13. The van der Waals surface area contributed by atoms with Gasteiger partial charge in [-0.2, -0.15) is 0 Å². The van der Waals surface area contributed by atoms with E-state index in [1.807, 2.05) is 6.20 Å². The van der Waals surface area contributed by atoms with Crippen LogP contribution in [0.15, 0.2) is 18.6 Å². The van der Waals surface area contributed by atoms with Gasteiger partial charge in [0.05, 0.1) is 5.69 Å². The summed E-state index contributed by atoms with van der Waals surface area (Å²) in [4.78, 5) is 8.32. The van der Waals surface area contributed by atoms with E-state index < -0.39 is 0 Å². The molecule has 78 valence electrons. The largest absolute Gasteiger partial charge is 0.306 e. The molecule has 0 amide bonds. The van der Waals surface area contributed by atoms with E-state index >= 15 is 0 Å². The van der Waals surface area contributed by atoms with E-state index in [9.17, 15) is 0 Å². The van der Waals surface area contributed by atoms with Gasteiger partial charge in [0, 0.05) is 30.7 Å². The Labute approximate surface area is 86.0 Å². The number of rotatable bonds is 4. The summed E-state index contributed by atoms with van der Waals surface area (Å²) in [6.45, 7) is 8.72. The summed E-state index contributed by atoms with van der Waals surface area (Å²) in [7, 11) is 0. The van der Waals surface area contributed by atoms with E-state index in [4.69, 9.17) is 0 Å². The minimum atomic E-state index is 0.265. The molecule has 14 heavy (non-hydrogen) atoms. The Kier molecular flexibility index (Phi) is 4.01. The minimum absolute atomic E-state index is 0.265. The molecular weight excluding hydrogens is 174 g/mol. The Morgan fingerprint density at radius 2 is 1.86 bits per heavy atom. The van der Waals surface area contributed by atoms with Crippen LogP contribution in [0.3, 0.4) is 0 Å². The molecule has 0 bridgehead atoms. The Balaban J connectivity index is 2.55. The second-order valence-corrected chi connectivity index (χ2v) is 4.05. The van der Waals surface area contributed by atoms with Gasteiger partial charge in [0.25, 0.3) is 0 Å². The lowest BCUT2D eigenvalue weighted by atomic mass is 10.1. The number of aromatic nitrogens is 2. The summed E-state index contributed by atoms with van der Waals surface area (Å²) in [6.07, 6.45) is 5.24. The molecule has 0 fully saturated rings. The molecule has 1 rings (SSSR count). The van der Waals surface area contributed by atoms with Crippen LogP contribution in [0, 0.1) is 5.92 Å². The molecule has 0 aliphatic rings. The van der Waals surface area contributed by atoms with Crippen LogP contribution in [0.1, 0.15) is 39.4 Å². The van der Waals surface area contributed by atoms with Crippen molar-refractivity contribution < 1.29 is 0 Å². The smallest absolute Gasteiger partial charge is 0.0753 e. The first-order valence-electron chi connectivity index (χ1n) is 5.13. The zero-order valence-electron chi connectivity index (χ0n) is 9.36. The van der Waals surface area contributed by atoms with Crippen LogP contribution in [0.5, 0.6) is 0 Å². The van der Waals surface area contributed by atoms with E-state index in [0.29, 0.717) is 12.0 Å². The maximum Gasteiger partial charge on any atom is 0.0753 e. The predicted molar refractivity (Wildman–Crippen MR) is 57.9 cm³/mol. The topological polar surface area (TPSA) is 37.8 Å². The Bertz CT molecular complexity index is 258. The molecule has 0 aliphatic heterocycles. The van der Waals surface area contributed by atoms with Crippen LogP contribution in [-0.2, 0) is 0 Å². The number of hydrogen-bond donors (Lipinski definition) is 1. The van der Waals surface area contributed by atoms with Gasteiger partial charge in [0.2, 0.25) is 0 Å². The van der Waals surface area contributed by atoms with Crippen molar-refractivity contribution in [1.82, 2.24) is 15.3 Å². The average molecular weight is 193 g/mol. The van der Waals surface area contributed by atoms with Crippen molar-refractivity contribution in [3.8, 4) is 0 Å². The van der Waals surface area contributed by atoms with Crippen molar-refractivity contribution in [2.75, 3.05) is 0 Å². The number of nitrogens with zero attached hydrogens (tertiary/aromatic N) is 2. The van der Waals surface area contributed by atoms with Crippen molar-refractivity contribution in [2.24, 2.45) is 5.92 Å². The molecular formula is C11H19N3. The highest BCUT2D eigenvalue weighted by molar-refractivity contribution is 5.00. The van der Waals surface area contributed by atoms with Gasteiger partial charge in [-0.15, -0.1) is 0 Å². The fraction of sp³-hybridized carbons (Fsp3) is 0.636. The van der Waals surface area contributed by atoms with Gasteiger partial charge >= 0.3 is 0 Å². The van der Waals surface area contributed by atoms with Gasteiger partial charge < -0.3 is 5.32 Å². The van der Waals surface area contributed by atoms with Crippen molar-refractivity contribution in [2.45, 2.75) is 39.8 Å². The van der Waals surface area contributed by atoms with Crippen LogP contribution >= 0.6 is 0 Å². The average Bonchev–Trinajstić information content (AvgIpc) is 2.19. The second kappa shape index (κ2) is 5.05. The number of nitrogens with one attached hydrogen (secondary N) is 1. The van der Waals surface area contributed by atoms with Gasteiger partial charge in [0.1, 0.15) is 0 Å². The fourth-order valence-electron chi connectivity index (χ4n) is 1.21. The molecule has 0 aromatic carbocycles. The Morgan fingerprint density at radius 1 is 1.14 bits per heavy atom. The summed E-state index contributed by atoms with van der Waals surface area (Å²) in [6, 6.07) is 0.758. The minimum Gasteiger partial charge on any atom is -0.306 e. The zero-order valence-corrected chi connectivity index (χ0v) is 9.36. The maximum absolute atomic E-state index is 4.27. The van der Waals surface area contributed by atoms with Gasteiger partial charge in [-0.05, 0) is 19.8 Å². The molecule has 3 heteroatoms. The third-order valence-electron chi connectivity index (χ3n) is 2.54. The van der Waals surface area contributed by atoms with Gasteiger partial charge in [-0.1, -0.05) is 13.8 Å². The molecule has 0 aliphatic carbocycles. The van der Waals surface area contributed by atoms with Crippen LogP contribution in [0.4, 0.5) is 0 Å². The van der Waals surface area contributed by atoms with E-state index in [-0.39, 0.29) is 6.04 Å². The zero-order chi connectivity index (χ0) is 10.6. The Morgan fingerprint density at radius 3 is 2.36 bits per heavy atom. The first-order chi connectivity index (χ1) is 6.61. The molecule has 1 heterocycles. The van der Waals surface area contributed by atoms with Crippen LogP contribution in [0.2, 0.25) is 0 Å². The van der Waals surface area contributed by atoms with E-state index in [1.54, 1.807) is 12.4 Å². The fourth-order valence-corrected chi connectivity index (χ4v) is 1.21. The normalized spacial score (nSPS) is 15.5. The second-order valence-electron chi connectivity index (χ2n) is 4.05. The van der Waals surface area contributed by atoms with Crippen LogP contribution < -0.4 is 5.32 Å². The van der Waals surface area contributed by atoms with Gasteiger partial charge in [-0.25, -0.2) is 0 Å². The lowest BCUT2D eigenvalue weighted by molar-refractivity contribution is 0.385. The quantitative estimate of drug-likeness (QED) is 0.796. The van der Waals surface area contributed by atoms with Crippen molar-refractivity contribution in [1.29, 1.82) is 0 Å². The summed E-state index contributed by atoms with van der Waals surface area (Å²) in [5.41, 5.74) is 1.00.